The average Bonchev–Trinajstić information content (AvgIpc) is 2.62. The lowest BCUT2D eigenvalue weighted by Gasteiger charge is -2.49. The van der Waals surface area contributed by atoms with Crippen molar-refractivity contribution in [1.82, 2.24) is 10.2 Å². The van der Waals surface area contributed by atoms with Crippen molar-refractivity contribution in [2.75, 3.05) is 33.9 Å². The van der Waals surface area contributed by atoms with Crippen molar-refractivity contribution in [3.8, 4) is 11.5 Å². The fraction of sp³-hybridized carbons (Fsp3) is 0.684. The van der Waals surface area contributed by atoms with E-state index in [0.29, 0.717) is 12.6 Å². The van der Waals surface area contributed by atoms with E-state index in [1.807, 2.05) is 18.2 Å². The smallest absolute Gasteiger partial charge is 0.161 e. The minimum absolute atomic E-state index is 0.318. The van der Waals surface area contributed by atoms with Crippen LogP contribution in [-0.2, 0) is 6.54 Å². The van der Waals surface area contributed by atoms with Gasteiger partial charge in [0.2, 0.25) is 0 Å². The first kappa shape index (κ1) is 17.5. The monoisotopic (exact) mass is 334 g/mol. The van der Waals surface area contributed by atoms with E-state index < -0.39 is 5.60 Å². The molecule has 2 atom stereocenters. The lowest BCUT2D eigenvalue weighted by molar-refractivity contribution is -0.0919. The van der Waals surface area contributed by atoms with Crippen LogP contribution in [0.5, 0.6) is 11.5 Å². The molecule has 24 heavy (non-hydrogen) atoms. The Labute approximate surface area is 144 Å². The van der Waals surface area contributed by atoms with Gasteiger partial charge in [0.05, 0.1) is 19.8 Å². The van der Waals surface area contributed by atoms with Crippen molar-refractivity contribution in [3.63, 3.8) is 0 Å². The van der Waals surface area contributed by atoms with E-state index in [2.05, 4.69) is 10.2 Å². The van der Waals surface area contributed by atoms with Gasteiger partial charge in [0.15, 0.2) is 11.5 Å². The van der Waals surface area contributed by atoms with Gasteiger partial charge in [0.25, 0.3) is 0 Å². The van der Waals surface area contributed by atoms with E-state index in [0.717, 1.165) is 56.0 Å². The van der Waals surface area contributed by atoms with Crippen molar-refractivity contribution in [1.29, 1.82) is 0 Å². The summed E-state index contributed by atoms with van der Waals surface area (Å²) in [6.45, 7) is 3.64. The third kappa shape index (κ3) is 3.68. The van der Waals surface area contributed by atoms with Gasteiger partial charge >= 0.3 is 0 Å². The highest BCUT2D eigenvalue weighted by Crippen LogP contribution is 2.34. The van der Waals surface area contributed by atoms with Gasteiger partial charge in [0, 0.05) is 19.1 Å². The largest absolute Gasteiger partial charge is 0.493 e. The Bertz CT molecular complexity index is 549. The van der Waals surface area contributed by atoms with Gasteiger partial charge in [-0.25, -0.2) is 0 Å². The Morgan fingerprint density at radius 1 is 1.17 bits per heavy atom. The fourth-order valence-electron chi connectivity index (χ4n) is 4.24. The van der Waals surface area contributed by atoms with Gasteiger partial charge in [0.1, 0.15) is 0 Å². The van der Waals surface area contributed by atoms with Crippen LogP contribution >= 0.6 is 0 Å². The summed E-state index contributed by atoms with van der Waals surface area (Å²) in [4.78, 5) is 2.49. The summed E-state index contributed by atoms with van der Waals surface area (Å²) in [6, 6.07) is 6.27. The summed E-state index contributed by atoms with van der Waals surface area (Å²) in [7, 11) is 3.29. The Hall–Kier alpha value is -1.30. The van der Waals surface area contributed by atoms with E-state index in [9.17, 15) is 5.11 Å². The number of nitrogens with zero attached hydrogens (tertiary/aromatic N) is 1. The molecule has 3 rings (SSSR count). The third-order valence-electron chi connectivity index (χ3n) is 5.50. The molecule has 5 heteroatoms. The van der Waals surface area contributed by atoms with Crippen LogP contribution in [0.4, 0.5) is 0 Å². The highest BCUT2D eigenvalue weighted by Gasteiger charge is 2.43. The zero-order chi connectivity index (χ0) is 17.0. The maximum absolute atomic E-state index is 11.2. The normalized spacial score (nSPS) is 27.5. The molecule has 5 nitrogen and oxygen atoms in total. The van der Waals surface area contributed by atoms with Gasteiger partial charge in [-0.15, -0.1) is 0 Å². The Balaban J connectivity index is 1.59. The number of aliphatic hydroxyl groups is 1. The molecule has 134 valence electrons. The molecule has 2 N–H and O–H groups in total. The van der Waals surface area contributed by atoms with Crippen molar-refractivity contribution in [2.24, 2.45) is 0 Å². The van der Waals surface area contributed by atoms with Crippen molar-refractivity contribution in [2.45, 2.75) is 50.3 Å². The number of methoxy groups -OCH3 is 2. The molecule has 0 aromatic heterocycles. The summed E-state index contributed by atoms with van der Waals surface area (Å²) in [5.74, 6) is 1.48. The molecule has 0 bridgehead atoms. The maximum atomic E-state index is 11.2. The highest BCUT2D eigenvalue weighted by atomic mass is 16.5. The van der Waals surface area contributed by atoms with E-state index in [1.54, 1.807) is 14.2 Å². The van der Waals surface area contributed by atoms with Crippen LogP contribution in [0, 0.1) is 0 Å². The molecule has 1 aromatic carbocycles. The fourth-order valence-corrected chi connectivity index (χ4v) is 4.24. The second-order valence-electron chi connectivity index (χ2n) is 7.05. The van der Waals surface area contributed by atoms with Crippen molar-refractivity contribution in [3.05, 3.63) is 23.8 Å². The average molecular weight is 334 g/mol. The van der Waals surface area contributed by atoms with Crippen molar-refractivity contribution < 1.29 is 14.6 Å². The number of hydrogen-bond donors (Lipinski definition) is 2. The summed E-state index contributed by atoms with van der Waals surface area (Å²) in [5, 5.41) is 14.6. The highest BCUT2D eigenvalue weighted by molar-refractivity contribution is 5.42. The summed E-state index contributed by atoms with van der Waals surface area (Å²) in [5.41, 5.74) is 0.530. The number of hydrogen-bond acceptors (Lipinski definition) is 5. The maximum Gasteiger partial charge on any atom is 0.161 e. The number of benzene rings is 1. The molecule has 0 amide bonds. The number of nitrogens with one attached hydrogen (secondary N) is 1. The second kappa shape index (κ2) is 7.72. The van der Waals surface area contributed by atoms with E-state index in [1.165, 1.54) is 12.8 Å². The molecule has 2 aliphatic rings. The molecule has 0 spiro atoms. The first-order valence-corrected chi connectivity index (χ1v) is 9.04. The lowest BCUT2D eigenvalue weighted by atomic mass is 9.79. The van der Waals surface area contributed by atoms with E-state index >= 15 is 0 Å². The minimum atomic E-state index is -0.602. The molecular formula is C19H30N2O3. The van der Waals surface area contributed by atoms with Gasteiger partial charge in [-0.1, -0.05) is 12.5 Å². The first-order valence-electron chi connectivity index (χ1n) is 9.04. The molecule has 2 aliphatic heterocycles. The predicted molar refractivity (Wildman–Crippen MR) is 94.6 cm³/mol. The summed E-state index contributed by atoms with van der Waals surface area (Å²) < 4.78 is 10.6. The molecule has 0 saturated carbocycles. The van der Waals surface area contributed by atoms with Crippen LogP contribution in [0.1, 0.15) is 37.7 Å². The zero-order valence-electron chi connectivity index (χ0n) is 14.9. The van der Waals surface area contributed by atoms with Crippen LogP contribution in [0.3, 0.4) is 0 Å². The van der Waals surface area contributed by atoms with Crippen LogP contribution < -0.4 is 14.8 Å². The topological polar surface area (TPSA) is 54.0 Å². The molecule has 2 saturated heterocycles. The van der Waals surface area contributed by atoms with E-state index in [-0.39, 0.29) is 0 Å². The van der Waals surface area contributed by atoms with Crippen LogP contribution in [0.25, 0.3) is 0 Å². The standard InChI is InChI=1S/C19H30N2O3/c1-23-16-8-7-15(12-17(16)24-2)13-20-14-19(22)9-5-11-21-10-4-3-6-18(19)21/h7-8,12,18,20,22H,3-6,9-11,13-14H2,1-2H3/t18-,19-/m1/s1. The Kier molecular flexibility index (Phi) is 5.64. The number of piperidine rings is 2. The minimum Gasteiger partial charge on any atom is -0.493 e. The first-order chi connectivity index (χ1) is 11.7. The lowest BCUT2D eigenvalue weighted by Crippen LogP contribution is -2.62. The summed E-state index contributed by atoms with van der Waals surface area (Å²) in [6.07, 6.45) is 5.61. The molecule has 2 fully saturated rings. The quantitative estimate of drug-likeness (QED) is 0.835. The van der Waals surface area contributed by atoms with Crippen LogP contribution in [0.2, 0.25) is 0 Å². The molecule has 0 aliphatic carbocycles. The number of rotatable bonds is 6. The molecular weight excluding hydrogens is 304 g/mol. The van der Waals surface area contributed by atoms with Gasteiger partial charge in [-0.05, 0) is 56.5 Å². The number of ether oxygens (including phenoxy) is 2. The zero-order valence-corrected chi connectivity index (χ0v) is 14.9. The molecule has 0 unspecified atom stereocenters. The third-order valence-corrected chi connectivity index (χ3v) is 5.50. The van der Waals surface area contributed by atoms with Gasteiger partial charge in [-0.2, -0.15) is 0 Å². The van der Waals surface area contributed by atoms with Gasteiger partial charge in [-0.3, -0.25) is 4.90 Å². The summed E-state index contributed by atoms with van der Waals surface area (Å²) >= 11 is 0. The Morgan fingerprint density at radius 2 is 1.96 bits per heavy atom. The van der Waals surface area contributed by atoms with Crippen LogP contribution in [0.15, 0.2) is 18.2 Å². The van der Waals surface area contributed by atoms with E-state index in [4.69, 9.17) is 9.47 Å². The SMILES string of the molecule is COc1ccc(CNC[C@]2(O)CCCN3CCCC[C@@H]32)cc1OC. The van der Waals surface area contributed by atoms with Crippen molar-refractivity contribution >= 4 is 0 Å². The molecule has 1 aromatic rings. The Morgan fingerprint density at radius 3 is 2.75 bits per heavy atom. The second-order valence-corrected chi connectivity index (χ2v) is 7.05. The number of fused-ring (bicyclic) bond motifs is 1. The van der Waals surface area contributed by atoms with Gasteiger partial charge < -0.3 is 19.9 Å². The predicted octanol–water partition coefficient (Wildman–Crippen LogP) is 2.17. The van der Waals surface area contributed by atoms with Crippen LogP contribution in [-0.4, -0.2) is 55.5 Å². The molecule has 0 radical (unpaired) electrons. The molecule has 2 heterocycles.